The van der Waals surface area contributed by atoms with Gasteiger partial charge in [-0.1, -0.05) is 23.2 Å². The van der Waals surface area contributed by atoms with E-state index in [0.29, 0.717) is 48.3 Å². The molecule has 2 aromatic rings. The fraction of sp³-hybridized carbons (Fsp3) is 0.333. The molecule has 0 spiro atoms. The first-order chi connectivity index (χ1) is 12.8. The summed E-state index contributed by atoms with van der Waals surface area (Å²) in [6.45, 7) is 2.54. The third-order valence-corrected chi connectivity index (χ3v) is 4.97. The number of carboxylic acid groups (broad SMARTS) is 1. The number of aromatic hydroxyl groups is 1. The van der Waals surface area contributed by atoms with Crippen LogP contribution in [0.3, 0.4) is 0 Å². The van der Waals surface area contributed by atoms with Crippen molar-refractivity contribution in [1.82, 2.24) is 14.4 Å². The zero-order valence-corrected chi connectivity index (χ0v) is 15.9. The van der Waals surface area contributed by atoms with Gasteiger partial charge in [0.2, 0.25) is 0 Å². The van der Waals surface area contributed by atoms with Crippen molar-refractivity contribution >= 4 is 29.3 Å². The molecule has 2 heterocycles. The third-order valence-electron chi connectivity index (χ3n) is 4.54. The summed E-state index contributed by atoms with van der Waals surface area (Å²) in [4.78, 5) is 26.8. The number of piperazine rings is 1. The SMILES string of the molecule is O=C(O)N1CCN(Cc2ccn(Cc3cc(Cl)cc(Cl)c3)c(=O)c2O)CC1. The van der Waals surface area contributed by atoms with Crippen molar-refractivity contribution in [3.8, 4) is 5.75 Å². The predicted molar refractivity (Wildman–Crippen MR) is 103 cm³/mol. The van der Waals surface area contributed by atoms with Gasteiger partial charge in [-0.05, 0) is 29.8 Å². The monoisotopic (exact) mass is 411 g/mol. The normalized spacial score (nSPS) is 15.1. The molecule has 7 nitrogen and oxygen atoms in total. The van der Waals surface area contributed by atoms with Crippen LogP contribution in [0.5, 0.6) is 5.75 Å². The number of pyridine rings is 1. The molecule has 0 aliphatic carbocycles. The number of halogens is 2. The van der Waals surface area contributed by atoms with Crippen molar-refractivity contribution in [3.05, 3.63) is 62.0 Å². The molecule has 0 radical (unpaired) electrons. The van der Waals surface area contributed by atoms with Crippen LogP contribution in [0.4, 0.5) is 4.79 Å². The highest BCUT2D eigenvalue weighted by molar-refractivity contribution is 6.34. The highest BCUT2D eigenvalue weighted by atomic mass is 35.5. The maximum Gasteiger partial charge on any atom is 0.407 e. The van der Waals surface area contributed by atoms with E-state index in [0.717, 1.165) is 5.56 Å². The van der Waals surface area contributed by atoms with Crippen LogP contribution in [0.15, 0.2) is 35.3 Å². The molecule has 0 atom stereocenters. The van der Waals surface area contributed by atoms with E-state index in [1.807, 2.05) is 4.90 Å². The van der Waals surface area contributed by atoms with E-state index in [1.165, 1.54) is 9.47 Å². The summed E-state index contributed by atoms with van der Waals surface area (Å²) in [6.07, 6.45) is 0.695. The summed E-state index contributed by atoms with van der Waals surface area (Å²) < 4.78 is 1.39. The number of aromatic nitrogens is 1. The van der Waals surface area contributed by atoms with Crippen LogP contribution in [0.1, 0.15) is 11.1 Å². The first kappa shape index (κ1) is 19.5. The molecule has 3 rings (SSSR count). The summed E-state index contributed by atoms with van der Waals surface area (Å²) in [5, 5.41) is 20.3. The Balaban J connectivity index is 1.72. The van der Waals surface area contributed by atoms with Crippen molar-refractivity contribution in [1.29, 1.82) is 0 Å². The van der Waals surface area contributed by atoms with Crippen LogP contribution in [0, 0.1) is 0 Å². The largest absolute Gasteiger partial charge is 0.503 e. The standard InChI is InChI=1S/C18H19Cl2N3O4/c19-14-7-12(8-15(20)9-14)10-23-2-1-13(16(24)17(23)25)11-21-3-5-22(6-4-21)18(26)27/h1-2,7-9,24H,3-6,10-11H2,(H,26,27). The molecule has 0 unspecified atom stereocenters. The molecule has 0 bridgehead atoms. The summed E-state index contributed by atoms with van der Waals surface area (Å²) >= 11 is 12.0. The second-order valence-electron chi connectivity index (χ2n) is 6.45. The Morgan fingerprint density at radius 1 is 1.04 bits per heavy atom. The van der Waals surface area contributed by atoms with E-state index < -0.39 is 11.7 Å². The fourth-order valence-electron chi connectivity index (χ4n) is 3.09. The number of rotatable bonds is 4. The number of hydrogen-bond donors (Lipinski definition) is 2. The molecule has 1 amide bonds. The van der Waals surface area contributed by atoms with Crippen molar-refractivity contribution in [2.45, 2.75) is 13.1 Å². The van der Waals surface area contributed by atoms with E-state index in [4.69, 9.17) is 28.3 Å². The maximum atomic E-state index is 12.5. The smallest absolute Gasteiger partial charge is 0.407 e. The molecule has 1 aliphatic rings. The number of carbonyl (C=O) groups is 1. The van der Waals surface area contributed by atoms with Crippen molar-refractivity contribution in [2.24, 2.45) is 0 Å². The van der Waals surface area contributed by atoms with Gasteiger partial charge in [0, 0.05) is 54.5 Å². The van der Waals surface area contributed by atoms with E-state index in [1.54, 1.807) is 30.5 Å². The number of hydrogen-bond acceptors (Lipinski definition) is 4. The lowest BCUT2D eigenvalue weighted by Crippen LogP contribution is -2.47. The predicted octanol–water partition coefficient (Wildman–Crippen LogP) is 2.70. The fourth-order valence-corrected chi connectivity index (χ4v) is 3.66. The minimum atomic E-state index is -0.929. The van der Waals surface area contributed by atoms with Gasteiger partial charge in [0.25, 0.3) is 5.56 Å². The quantitative estimate of drug-likeness (QED) is 0.807. The zero-order valence-electron chi connectivity index (χ0n) is 14.4. The zero-order chi connectivity index (χ0) is 19.6. The van der Waals surface area contributed by atoms with Crippen LogP contribution in [-0.4, -0.2) is 56.9 Å². The minimum Gasteiger partial charge on any atom is -0.503 e. The van der Waals surface area contributed by atoms with Gasteiger partial charge in [-0.15, -0.1) is 0 Å². The van der Waals surface area contributed by atoms with E-state index in [2.05, 4.69) is 0 Å². The lowest BCUT2D eigenvalue weighted by molar-refractivity contribution is 0.102. The van der Waals surface area contributed by atoms with Crippen molar-refractivity contribution in [3.63, 3.8) is 0 Å². The highest BCUT2D eigenvalue weighted by Crippen LogP contribution is 2.20. The second kappa shape index (κ2) is 8.21. The van der Waals surface area contributed by atoms with Gasteiger partial charge in [0.15, 0.2) is 5.75 Å². The molecule has 1 aliphatic heterocycles. The van der Waals surface area contributed by atoms with Crippen LogP contribution in [0.2, 0.25) is 10.0 Å². The summed E-state index contributed by atoms with van der Waals surface area (Å²) in [6, 6.07) is 6.74. The number of nitrogens with zero attached hydrogens (tertiary/aromatic N) is 3. The van der Waals surface area contributed by atoms with Gasteiger partial charge in [-0.25, -0.2) is 4.79 Å². The van der Waals surface area contributed by atoms with Crippen molar-refractivity contribution in [2.75, 3.05) is 26.2 Å². The Bertz CT molecular complexity index is 888. The lowest BCUT2D eigenvalue weighted by Gasteiger charge is -2.33. The molecule has 2 N–H and O–H groups in total. The molecule has 1 aromatic carbocycles. The number of benzene rings is 1. The Hall–Kier alpha value is -2.22. The summed E-state index contributed by atoms with van der Waals surface area (Å²) in [5.41, 5.74) is 0.781. The molecule has 1 aromatic heterocycles. The van der Waals surface area contributed by atoms with Crippen LogP contribution < -0.4 is 5.56 Å². The first-order valence-electron chi connectivity index (χ1n) is 8.40. The summed E-state index contributed by atoms with van der Waals surface area (Å²) in [5.74, 6) is -0.300. The van der Waals surface area contributed by atoms with Crippen LogP contribution in [-0.2, 0) is 13.1 Å². The average molecular weight is 412 g/mol. The van der Waals surface area contributed by atoms with Gasteiger partial charge in [-0.3, -0.25) is 9.69 Å². The molecule has 9 heteroatoms. The van der Waals surface area contributed by atoms with Gasteiger partial charge >= 0.3 is 6.09 Å². The molecule has 27 heavy (non-hydrogen) atoms. The Morgan fingerprint density at radius 2 is 1.67 bits per heavy atom. The van der Waals surface area contributed by atoms with Gasteiger partial charge in [0.1, 0.15) is 0 Å². The van der Waals surface area contributed by atoms with E-state index in [9.17, 15) is 14.7 Å². The first-order valence-corrected chi connectivity index (χ1v) is 9.15. The Labute approximate surface area is 166 Å². The topological polar surface area (TPSA) is 86.0 Å². The molecule has 0 saturated carbocycles. The maximum absolute atomic E-state index is 12.5. The van der Waals surface area contributed by atoms with Gasteiger partial charge in [0.05, 0.1) is 6.54 Å². The average Bonchev–Trinajstić information content (AvgIpc) is 2.61. The highest BCUT2D eigenvalue weighted by Gasteiger charge is 2.21. The molecule has 1 fully saturated rings. The minimum absolute atomic E-state index is 0.240. The molecule has 144 valence electrons. The van der Waals surface area contributed by atoms with E-state index >= 15 is 0 Å². The van der Waals surface area contributed by atoms with E-state index in [-0.39, 0.29) is 12.3 Å². The van der Waals surface area contributed by atoms with Gasteiger partial charge < -0.3 is 19.7 Å². The van der Waals surface area contributed by atoms with Gasteiger partial charge in [-0.2, -0.15) is 0 Å². The van der Waals surface area contributed by atoms with Crippen LogP contribution >= 0.6 is 23.2 Å². The lowest BCUT2D eigenvalue weighted by atomic mass is 10.2. The molecular formula is C18H19Cl2N3O4. The second-order valence-corrected chi connectivity index (χ2v) is 7.32. The third kappa shape index (κ3) is 4.74. The Kier molecular flexibility index (Phi) is 5.94. The summed E-state index contributed by atoms with van der Waals surface area (Å²) in [7, 11) is 0. The molecule has 1 saturated heterocycles. The number of amides is 1. The van der Waals surface area contributed by atoms with Crippen LogP contribution in [0.25, 0.3) is 0 Å². The Morgan fingerprint density at radius 3 is 2.26 bits per heavy atom. The van der Waals surface area contributed by atoms with Crippen molar-refractivity contribution < 1.29 is 15.0 Å². The molecular weight excluding hydrogens is 393 g/mol.